The van der Waals surface area contributed by atoms with E-state index in [1.165, 1.54) is 19.3 Å². The maximum Gasteiger partial charge on any atom is 0.323 e. The molecule has 2 atom stereocenters. The van der Waals surface area contributed by atoms with E-state index in [1.807, 2.05) is 31.2 Å². The second kappa shape index (κ2) is 12.2. The normalized spacial score (nSPS) is 21.0. The Balaban J connectivity index is 1.41. The van der Waals surface area contributed by atoms with Gasteiger partial charge in [0.15, 0.2) is 0 Å². The number of esters is 1. The van der Waals surface area contributed by atoms with Crippen LogP contribution in [-0.4, -0.2) is 52.2 Å². The van der Waals surface area contributed by atoms with Gasteiger partial charge in [0.2, 0.25) is 16.3 Å². The van der Waals surface area contributed by atoms with Gasteiger partial charge in [0.1, 0.15) is 12.3 Å². The number of carbonyl (C=O) groups is 1. The van der Waals surface area contributed by atoms with E-state index in [0.717, 1.165) is 30.7 Å². The lowest BCUT2D eigenvalue weighted by atomic mass is 10.0. The van der Waals surface area contributed by atoms with Gasteiger partial charge in [0.05, 0.1) is 18.1 Å². The third-order valence-corrected chi connectivity index (χ3v) is 6.76. The summed E-state index contributed by atoms with van der Waals surface area (Å²) in [6.07, 6.45) is 6.71. The van der Waals surface area contributed by atoms with Crippen molar-refractivity contribution in [3.63, 3.8) is 0 Å². The molecule has 10 heteroatoms. The highest BCUT2D eigenvalue weighted by Gasteiger charge is 2.22. The molecule has 0 radical (unpaired) electrons. The molecule has 0 amide bonds. The van der Waals surface area contributed by atoms with E-state index in [9.17, 15) is 13.2 Å². The minimum absolute atomic E-state index is 0.0144. The first-order valence-electron chi connectivity index (χ1n) is 11.2. The number of hydrogen-bond acceptors (Lipinski definition) is 8. The smallest absolute Gasteiger partial charge is 0.323 e. The molecule has 1 aromatic carbocycles. The molecule has 0 aromatic heterocycles. The zero-order valence-corrected chi connectivity index (χ0v) is 19.3. The molecule has 2 heterocycles. The van der Waals surface area contributed by atoms with E-state index in [-0.39, 0.29) is 5.75 Å². The molecule has 1 fully saturated rings. The van der Waals surface area contributed by atoms with E-state index in [4.69, 9.17) is 14.3 Å². The van der Waals surface area contributed by atoms with Gasteiger partial charge in [-0.1, -0.05) is 19.8 Å². The van der Waals surface area contributed by atoms with Gasteiger partial charge in [-0.15, -0.1) is 0 Å². The number of sulfonamides is 1. The van der Waals surface area contributed by atoms with Crippen LogP contribution in [0.2, 0.25) is 0 Å². The Morgan fingerprint density at radius 1 is 1.25 bits per heavy atom. The van der Waals surface area contributed by atoms with Crippen LogP contribution in [0.15, 0.2) is 30.3 Å². The predicted molar refractivity (Wildman–Crippen MR) is 121 cm³/mol. The fourth-order valence-electron chi connectivity index (χ4n) is 3.51. The molecule has 2 aliphatic heterocycles. The fraction of sp³-hybridized carbons (Fsp3) is 0.591. The number of rotatable bonds is 12. The Labute approximate surface area is 189 Å². The first kappa shape index (κ1) is 24.5. The molecule has 3 N–H and O–H groups in total. The van der Waals surface area contributed by atoms with Crippen molar-refractivity contribution >= 4 is 21.7 Å². The van der Waals surface area contributed by atoms with Gasteiger partial charge in [0.25, 0.3) is 0 Å². The molecule has 0 bridgehead atoms. The van der Waals surface area contributed by atoms with E-state index in [2.05, 4.69) is 15.5 Å². The van der Waals surface area contributed by atoms with Gasteiger partial charge >= 0.3 is 5.97 Å². The molecule has 1 aromatic rings. The summed E-state index contributed by atoms with van der Waals surface area (Å²) in [5.74, 6) is 0.0624. The standard InChI is InChI=1S/C22H33N3O6S/c1-2-3-14-32(27,28)24-16-21(26)30-22-15-20(25-31-22)17-7-9-19(10-8-17)29-13-11-18-6-4-5-12-23-18/h7-10,15,18,22-25H,2-6,11-14,16H2,1H3/t18-,22+/m0/s1. The van der Waals surface area contributed by atoms with Crippen LogP contribution < -0.4 is 20.3 Å². The summed E-state index contributed by atoms with van der Waals surface area (Å²) in [5.41, 5.74) is 4.24. The lowest BCUT2D eigenvalue weighted by molar-refractivity contribution is -0.170. The fourth-order valence-corrected chi connectivity index (χ4v) is 4.66. The molecule has 1 saturated heterocycles. The lowest BCUT2D eigenvalue weighted by Gasteiger charge is -2.23. The van der Waals surface area contributed by atoms with Gasteiger partial charge in [-0.3, -0.25) is 10.3 Å². The van der Waals surface area contributed by atoms with E-state index < -0.39 is 28.8 Å². The Bertz CT molecular complexity index is 866. The van der Waals surface area contributed by atoms with Crippen LogP contribution in [0.4, 0.5) is 0 Å². The number of piperidine rings is 1. The number of carbonyl (C=O) groups excluding carboxylic acids is 1. The molecule has 3 rings (SSSR count). The molecule has 0 aliphatic carbocycles. The minimum Gasteiger partial charge on any atom is -0.494 e. The summed E-state index contributed by atoms with van der Waals surface area (Å²) < 4.78 is 36.7. The van der Waals surface area contributed by atoms with Crippen LogP contribution in [0.1, 0.15) is 51.0 Å². The predicted octanol–water partition coefficient (Wildman–Crippen LogP) is 2.06. The second-order valence-corrected chi connectivity index (χ2v) is 9.89. The number of ether oxygens (including phenoxy) is 2. The van der Waals surface area contributed by atoms with Crippen LogP contribution in [0.25, 0.3) is 5.70 Å². The van der Waals surface area contributed by atoms with Crippen LogP contribution in [0.3, 0.4) is 0 Å². The molecule has 9 nitrogen and oxygen atoms in total. The van der Waals surface area contributed by atoms with Gasteiger partial charge in [-0.2, -0.15) is 0 Å². The van der Waals surface area contributed by atoms with Gasteiger partial charge < -0.3 is 14.8 Å². The summed E-state index contributed by atoms with van der Waals surface area (Å²) in [7, 11) is -3.48. The van der Waals surface area contributed by atoms with Crippen molar-refractivity contribution in [3.8, 4) is 5.75 Å². The average molecular weight is 468 g/mol. The monoisotopic (exact) mass is 467 g/mol. The maximum absolute atomic E-state index is 11.9. The van der Waals surface area contributed by atoms with Crippen molar-refractivity contribution in [2.24, 2.45) is 0 Å². The first-order chi connectivity index (χ1) is 15.4. The first-order valence-corrected chi connectivity index (χ1v) is 12.9. The maximum atomic E-state index is 11.9. The molecule has 0 unspecified atom stereocenters. The summed E-state index contributed by atoms with van der Waals surface area (Å²) in [6, 6.07) is 8.09. The van der Waals surface area contributed by atoms with E-state index >= 15 is 0 Å². The SMILES string of the molecule is CCCCS(=O)(=O)NCC(=O)O[C@H]1C=C(c2ccc(OCC[C@@H]3CCCCN3)cc2)NO1. The Hall–Kier alpha value is -2.14. The van der Waals surface area contributed by atoms with E-state index in [0.29, 0.717) is 24.8 Å². The molecule has 32 heavy (non-hydrogen) atoms. The van der Waals surface area contributed by atoms with Crippen molar-refractivity contribution in [3.05, 3.63) is 35.9 Å². The molecular formula is C22H33N3O6S. The highest BCUT2D eigenvalue weighted by Crippen LogP contribution is 2.22. The van der Waals surface area contributed by atoms with Gasteiger partial charge in [-0.05, 0) is 56.5 Å². The number of hydrogen-bond donors (Lipinski definition) is 3. The number of benzene rings is 1. The van der Waals surface area contributed by atoms with Gasteiger partial charge in [-0.25, -0.2) is 18.0 Å². The lowest BCUT2D eigenvalue weighted by Crippen LogP contribution is -2.35. The molecular weight excluding hydrogens is 434 g/mol. The Morgan fingerprint density at radius 3 is 2.78 bits per heavy atom. The number of hydroxylamine groups is 1. The molecule has 0 spiro atoms. The third kappa shape index (κ3) is 8.09. The zero-order valence-electron chi connectivity index (χ0n) is 18.5. The van der Waals surface area contributed by atoms with Crippen molar-refractivity contribution in [1.29, 1.82) is 0 Å². The van der Waals surface area contributed by atoms with Crippen molar-refractivity contribution in [2.75, 3.05) is 25.4 Å². The second-order valence-electron chi connectivity index (χ2n) is 7.96. The van der Waals surface area contributed by atoms with Gasteiger partial charge in [0, 0.05) is 17.7 Å². The van der Waals surface area contributed by atoms with E-state index in [1.54, 1.807) is 6.08 Å². The summed E-state index contributed by atoms with van der Waals surface area (Å²) in [6.45, 7) is 3.22. The summed E-state index contributed by atoms with van der Waals surface area (Å²) in [5, 5.41) is 3.51. The highest BCUT2D eigenvalue weighted by molar-refractivity contribution is 7.89. The third-order valence-electron chi connectivity index (χ3n) is 5.35. The Kier molecular flexibility index (Phi) is 9.34. The molecule has 2 aliphatic rings. The minimum atomic E-state index is -3.48. The van der Waals surface area contributed by atoms with Crippen LogP contribution in [0, 0.1) is 0 Å². The van der Waals surface area contributed by atoms with Crippen LogP contribution in [-0.2, 0) is 24.4 Å². The largest absolute Gasteiger partial charge is 0.494 e. The quantitative estimate of drug-likeness (QED) is 0.400. The van der Waals surface area contributed by atoms with Crippen molar-refractivity contribution < 1.29 is 27.5 Å². The number of nitrogens with one attached hydrogen (secondary N) is 3. The summed E-state index contributed by atoms with van der Waals surface area (Å²) in [4.78, 5) is 17.2. The topological polar surface area (TPSA) is 115 Å². The van der Waals surface area contributed by atoms with Crippen LogP contribution in [0.5, 0.6) is 5.75 Å². The van der Waals surface area contributed by atoms with Crippen molar-refractivity contribution in [1.82, 2.24) is 15.5 Å². The Morgan fingerprint density at radius 2 is 2.06 bits per heavy atom. The molecule has 178 valence electrons. The van der Waals surface area contributed by atoms with Crippen LogP contribution >= 0.6 is 0 Å². The highest BCUT2D eigenvalue weighted by atomic mass is 32.2. The summed E-state index contributed by atoms with van der Waals surface area (Å²) >= 11 is 0. The molecule has 0 saturated carbocycles. The number of unbranched alkanes of at least 4 members (excludes halogenated alkanes) is 1. The zero-order chi connectivity index (χ0) is 22.8. The average Bonchev–Trinajstić information content (AvgIpc) is 3.26. The van der Waals surface area contributed by atoms with Crippen molar-refractivity contribution in [2.45, 2.75) is 57.8 Å².